The molecule has 0 aliphatic carbocycles. The molecular weight excluding hydrogens is 403 g/mol. The van der Waals surface area contributed by atoms with Gasteiger partial charge in [0.15, 0.2) is 0 Å². The van der Waals surface area contributed by atoms with Gasteiger partial charge in [-0.25, -0.2) is 9.29 Å². The molecule has 0 radical (unpaired) electrons. The minimum absolute atomic E-state index is 0.0890. The largest absolute Gasteiger partial charge is 0.497 e. The zero-order valence-electron chi connectivity index (χ0n) is 15.6. The van der Waals surface area contributed by atoms with Gasteiger partial charge in [0.25, 0.3) is 5.91 Å². The lowest BCUT2D eigenvalue weighted by atomic mass is 9.92. The van der Waals surface area contributed by atoms with Gasteiger partial charge in [-0.15, -0.1) is 0 Å². The highest BCUT2D eigenvalue weighted by Gasteiger charge is 2.58. The monoisotopic (exact) mass is 418 g/mol. The van der Waals surface area contributed by atoms with E-state index in [4.69, 9.17) is 25.9 Å². The van der Waals surface area contributed by atoms with Crippen LogP contribution in [0.5, 0.6) is 11.5 Å². The van der Waals surface area contributed by atoms with E-state index >= 15 is 0 Å². The minimum Gasteiger partial charge on any atom is -0.497 e. The second-order valence-corrected chi connectivity index (χ2v) is 7.08. The molecule has 1 atom stereocenters. The molecule has 2 aliphatic rings. The number of ether oxygens (including phenoxy) is 2. The molecule has 0 saturated carbocycles. The SMILES string of the molecule is COc1ccc(C2=NOC3(CC(=O)N(c4ccc(F)c(Cl)c4)C3=O)C2)c(OC)c1. The third kappa shape index (κ3) is 3.09. The molecule has 4 rings (SSSR count). The highest BCUT2D eigenvalue weighted by atomic mass is 35.5. The van der Waals surface area contributed by atoms with E-state index in [9.17, 15) is 14.0 Å². The minimum atomic E-state index is -1.45. The van der Waals surface area contributed by atoms with Gasteiger partial charge in [0.2, 0.25) is 11.5 Å². The third-order valence-corrected chi connectivity index (χ3v) is 5.23. The summed E-state index contributed by atoms with van der Waals surface area (Å²) in [7, 11) is 3.05. The molecule has 2 aromatic rings. The van der Waals surface area contributed by atoms with E-state index in [0.717, 1.165) is 11.0 Å². The van der Waals surface area contributed by atoms with Gasteiger partial charge in [-0.3, -0.25) is 9.59 Å². The Balaban J connectivity index is 1.62. The molecule has 7 nitrogen and oxygen atoms in total. The van der Waals surface area contributed by atoms with E-state index in [1.165, 1.54) is 19.2 Å². The molecule has 1 saturated heterocycles. The van der Waals surface area contributed by atoms with Crippen molar-refractivity contribution in [3.05, 3.63) is 52.8 Å². The first-order valence-corrected chi connectivity index (χ1v) is 9.06. The summed E-state index contributed by atoms with van der Waals surface area (Å²) in [5, 5.41) is 3.88. The standard InChI is InChI=1S/C20H16ClFN2O5/c1-27-12-4-5-13(17(8-12)28-2)16-9-20(29-23-16)10-18(25)24(19(20)26)11-3-6-15(22)14(21)7-11/h3-8H,9-10H2,1-2H3. The smallest absolute Gasteiger partial charge is 0.281 e. The molecule has 0 bridgehead atoms. The van der Waals surface area contributed by atoms with Crippen molar-refractivity contribution in [1.82, 2.24) is 0 Å². The first-order chi connectivity index (χ1) is 13.9. The maximum atomic E-state index is 13.5. The number of nitrogens with zero attached hydrogens (tertiary/aromatic N) is 2. The molecule has 2 amide bonds. The van der Waals surface area contributed by atoms with Crippen molar-refractivity contribution in [3.8, 4) is 11.5 Å². The van der Waals surface area contributed by atoms with Crippen LogP contribution < -0.4 is 14.4 Å². The van der Waals surface area contributed by atoms with Gasteiger partial charge in [0.1, 0.15) is 17.3 Å². The predicted octanol–water partition coefficient (Wildman–Crippen LogP) is 3.32. The van der Waals surface area contributed by atoms with Crippen LogP contribution in [0.2, 0.25) is 5.02 Å². The van der Waals surface area contributed by atoms with Crippen LogP contribution >= 0.6 is 11.6 Å². The number of rotatable bonds is 4. The first-order valence-electron chi connectivity index (χ1n) is 8.68. The van der Waals surface area contributed by atoms with Gasteiger partial charge in [-0.1, -0.05) is 16.8 Å². The topological polar surface area (TPSA) is 77.4 Å². The van der Waals surface area contributed by atoms with Crippen molar-refractivity contribution in [2.45, 2.75) is 18.4 Å². The summed E-state index contributed by atoms with van der Waals surface area (Å²) in [5.41, 5.74) is -0.154. The average molecular weight is 419 g/mol. The zero-order chi connectivity index (χ0) is 20.8. The summed E-state index contributed by atoms with van der Waals surface area (Å²) in [4.78, 5) is 32.1. The Morgan fingerprint density at radius 3 is 2.62 bits per heavy atom. The van der Waals surface area contributed by atoms with Crippen LogP contribution in [0.3, 0.4) is 0 Å². The van der Waals surface area contributed by atoms with Crippen LogP contribution in [0, 0.1) is 5.82 Å². The van der Waals surface area contributed by atoms with Crippen molar-refractivity contribution in [1.29, 1.82) is 0 Å². The summed E-state index contributed by atoms with van der Waals surface area (Å²) in [5.74, 6) is -0.584. The van der Waals surface area contributed by atoms with E-state index < -0.39 is 23.2 Å². The molecule has 1 spiro atoms. The Bertz CT molecular complexity index is 1060. The fourth-order valence-electron chi connectivity index (χ4n) is 3.47. The quantitative estimate of drug-likeness (QED) is 0.712. The van der Waals surface area contributed by atoms with Crippen LogP contribution in [0.15, 0.2) is 41.6 Å². The van der Waals surface area contributed by atoms with E-state index in [1.54, 1.807) is 25.3 Å². The molecule has 1 unspecified atom stereocenters. The van der Waals surface area contributed by atoms with E-state index in [2.05, 4.69) is 5.16 Å². The normalized spacial score (nSPS) is 20.8. The van der Waals surface area contributed by atoms with Crippen LogP contribution in [0.1, 0.15) is 18.4 Å². The molecular formula is C20H16ClFN2O5. The summed E-state index contributed by atoms with van der Waals surface area (Å²) >= 11 is 5.80. The summed E-state index contributed by atoms with van der Waals surface area (Å²) < 4.78 is 24.0. The van der Waals surface area contributed by atoms with Crippen LogP contribution in [-0.4, -0.2) is 37.3 Å². The van der Waals surface area contributed by atoms with Crippen LogP contribution in [0.4, 0.5) is 10.1 Å². The Morgan fingerprint density at radius 2 is 1.93 bits per heavy atom. The highest BCUT2D eigenvalue weighted by Crippen LogP contribution is 2.41. The fraction of sp³-hybridized carbons (Fsp3) is 0.250. The van der Waals surface area contributed by atoms with E-state index in [0.29, 0.717) is 22.8 Å². The predicted molar refractivity (Wildman–Crippen MR) is 103 cm³/mol. The van der Waals surface area contributed by atoms with Gasteiger partial charge >= 0.3 is 0 Å². The first kappa shape index (κ1) is 19.2. The number of benzene rings is 2. The second kappa shape index (κ2) is 7.04. The number of methoxy groups -OCH3 is 2. The zero-order valence-corrected chi connectivity index (χ0v) is 16.3. The summed E-state index contributed by atoms with van der Waals surface area (Å²) in [6, 6.07) is 8.83. The molecule has 150 valence electrons. The number of anilines is 1. The van der Waals surface area contributed by atoms with Gasteiger partial charge in [0.05, 0.1) is 37.1 Å². The molecule has 2 heterocycles. The van der Waals surface area contributed by atoms with Gasteiger partial charge in [-0.2, -0.15) is 0 Å². The number of carbonyl (C=O) groups is 2. The molecule has 2 aliphatic heterocycles. The molecule has 9 heteroatoms. The molecule has 1 fully saturated rings. The van der Waals surface area contributed by atoms with Crippen molar-refractivity contribution < 1.29 is 28.3 Å². The van der Waals surface area contributed by atoms with Gasteiger partial charge in [0, 0.05) is 18.1 Å². The highest BCUT2D eigenvalue weighted by molar-refractivity contribution is 6.32. The van der Waals surface area contributed by atoms with Gasteiger partial charge < -0.3 is 14.3 Å². The van der Waals surface area contributed by atoms with E-state index in [1.807, 2.05) is 0 Å². The Kier molecular flexibility index (Phi) is 4.66. The number of imide groups is 1. The number of halogens is 2. The fourth-order valence-corrected chi connectivity index (χ4v) is 3.64. The van der Waals surface area contributed by atoms with E-state index in [-0.39, 0.29) is 23.6 Å². The summed E-state index contributed by atoms with van der Waals surface area (Å²) in [6.45, 7) is 0. The van der Waals surface area contributed by atoms with Crippen molar-refractivity contribution >= 4 is 34.8 Å². The summed E-state index contributed by atoms with van der Waals surface area (Å²) in [6.07, 6.45) is -0.0992. The molecule has 0 aromatic heterocycles. The molecule has 29 heavy (non-hydrogen) atoms. The Hall–Kier alpha value is -3.13. The Morgan fingerprint density at radius 1 is 1.14 bits per heavy atom. The number of hydrogen-bond donors (Lipinski definition) is 0. The lowest BCUT2D eigenvalue weighted by Gasteiger charge is -2.19. The lowest BCUT2D eigenvalue weighted by Crippen LogP contribution is -2.40. The number of amides is 2. The van der Waals surface area contributed by atoms with Crippen molar-refractivity contribution in [2.24, 2.45) is 5.16 Å². The second-order valence-electron chi connectivity index (χ2n) is 6.68. The maximum Gasteiger partial charge on any atom is 0.281 e. The molecule has 2 aromatic carbocycles. The van der Waals surface area contributed by atoms with Crippen LogP contribution in [0.25, 0.3) is 0 Å². The number of hydrogen-bond acceptors (Lipinski definition) is 6. The van der Waals surface area contributed by atoms with Crippen molar-refractivity contribution in [3.63, 3.8) is 0 Å². The average Bonchev–Trinajstić information content (AvgIpc) is 3.24. The lowest BCUT2D eigenvalue weighted by molar-refractivity contribution is -0.136. The van der Waals surface area contributed by atoms with Gasteiger partial charge in [-0.05, 0) is 30.3 Å². The number of carbonyl (C=O) groups excluding carboxylic acids is 2. The molecule has 0 N–H and O–H groups in total. The van der Waals surface area contributed by atoms with Crippen LogP contribution in [-0.2, 0) is 14.4 Å². The maximum absolute atomic E-state index is 13.5. The number of oxime groups is 1. The third-order valence-electron chi connectivity index (χ3n) is 4.94. The Labute approximate surface area is 170 Å². The van der Waals surface area contributed by atoms with Crippen molar-refractivity contribution in [2.75, 3.05) is 19.1 Å².